The fourth-order valence-electron chi connectivity index (χ4n) is 0.811. The van der Waals surface area contributed by atoms with Gasteiger partial charge in [-0.25, -0.2) is 4.98 Å². The van der Waals surface area contributed by atoms with Crippen molar-refractivity contribution in [3.8, 4) is 6.07 Å². The Labute approximate surface area is 86.1 Å². The van der Waals surface area contributed by atoms with E-state index in [0.29, 0.717) is 11.3 Å². The molecule has 0 atom stereocenters. The number of ether oxygens (including phenoxy) is 1. The van der Waals surface area contributed by atoms with Gasteiger partial charge in [0.25, 0.3) is 0 Å². The molecular weight excluding hydrogens is 204 g/mol. The largest absolute Gasteiger partial charge is 0.459 e. The highest BCUT2D eigenvalue weighted by molar-refractivity contribution is 6.30. The Bertz CT molecular complexity index is 398. The number of carbonyl (C=O) groups excluding carboxylic acids is 1. The van der Waals surface area contributed by atoms with Crippen molar-refractivity contribution in [2.75, 3.05) is 0 Å². The predicted molar refractivity (Wildman–Crippen MR) is 49.4 cm³/mol. The van der Waals surface area contributed by atoms with Crippen LogP contribution in [0, 0.1) is 11.3 Å². The van der Waals surface area contributed by atoms with Gasteiger partial charge in [-0.2, -0.15) is 5.26 Å². The maximum atomic E-state index is 10.5. The topological polar surface area (TPSA) is 63.0 Å². The fourth-order valence-corrected chi connectivity index (χ4v) is 1.03. The van der Waals surface area contributed by atoms with Crippen LogP contribution in [0.15, 0.2) is 12.1 Å². The molecule has 0 unspecified atom stereocenters. The molecule has 0 bridgehead atoms. The molecule has 0 spiro atoms. The lowest BCUT2D eigenvalue weighted by Crippen LogP contribution is -2.01. The quantitative estimate of drug-likeness (QED) is 0.550. The first kappa shape index (κ1) is 10.5. The van der Waals surface area contributed by atoms with Gasteiger partial charge in [0.2, 0.25) is 0 Å². The number of aromatic nitrogens is 1. The second kappa shape index (κ2) is 4.58. The first-order valence-corrected chi connectivity index (χ1v) is 4.20. The first-order chi connectivity index (χ1) is 6.63. The predicted octanol–water partition coefficient (Wildman–Crippen LogP) is 1.67. The van der Waals surface area contributed by atoms with Crippen LogP contribution in [-0.2, 0) is 16.1 Å². The minimum absolute atomic E-state index is 0.0702. The molecule has 1 aromatic rings. The summed E-state index contributed by atoms with van der Waals surface area (Å²) in [6, 6.07) is 5.01. The summed E-state index contributed by atoms with van der Waals surface area (Å²) in [6.45, 7) is 1.38. The van der Waals surface area contributed by atoms with Gasteiger partial charge in [-0.3, -0.25) is 4.79 Å². The minimum Gasteiger partial charge on any atom is -0.459 e. The van der Waals surface area contributed by atoms with Crippen molar-refractivity contribution < 1.29 is 9.53 Å². The molecular formula is C9H7ClN2O2. The third kappa shape index (κ3) is 2.71. The smallest absolute Gasteiger partial charge is 0.303 e. The maximum absolute atomic E-state index is 10.5. The molecule has 1 aromatic heterocycles. The molecule has 0 aliphatic heterocycles. The van der Waals surface area contributed by atoms with Gasteiger partial charge in [0.15, 0.2) is 0 Å². The van der Waals surface area contributed by atoms with E-state index in [1.807, 2.05) is 6.07 Å². The van der Waals surface area contributed by atoms with Gasteiger partial charge in [-0.1, -0.05) is 11.6 Å². The van der Waals surface area contributed by atoms with Crippen molar-refractivity contribution in [1.82, 2.24) is 4.98 Å². The van der Waals surface area contributed by atoms with E-state index < -0.39 is 0 Å². The Morgan fingerprint density at radius 1 is 1.71 bits per heavy atom. The van der Waals surface area contributed by atoms with Crippen molar-refractivity contribution in [2.45, 2.75) is 13.5 Å². The summed E-state index contributed by atoms with van der Waals surface area (Å²) in [7, 11) is 0. The SMILES string of the molecule is CC(=O)OCc1ccc(C#N)c(Cl)n1. The summed E-state index contributed by atoms with van der Waals surface area (Å²) in [5, 5.41) is 8.69. The lowest BCUT2D eigenvalue weighted by atomic mass is 10.3. The minimum atomic E-state index is -0.382. The van der Waals surface area contributed by atoms with Gasteiger partial charge < -0.3 is 4.74 Å². The number of nitriles is 1. The molecule has 1 heterocycles. The van der Waals surface area contributed by atoms with Crippen LogP contribution in [0.2, 0.25) is 5.15 Å². The number of hydrogen-bond acceptors (Lipinski definition) is 4. The Hall–Kier alpha value is -1.60. The van der Waals surface area contributed by atoms with Crippen molar-refractivity contribution in [3.05, 3.63) is 28.5 Å². The summed E-state index contributed by atoms with van der Waals surface area (Å²) in [5.74, 6) is -0.382. The van der Waals surface area contributed by atoms with Gasteiger partial charge in [0.1, 0.15) is 17.8 Å². The number of rotatable bonds is 2. The summed E-state index contributed by atoms with van der Waals surface area (Å²) < 4.78 is 4.71. The molecule has 0 N–H and O–H groups in total. The summed E-state index contributed by atoms with van der Waals surface area (Å²) in [5.41, 5.74) is 0.822. The van der Waals surface area contributed by atoms with Crippen LogP contribution in [0.4, 0.5) is 0 Å². The highest BCUT2D eigenvalue weighted by Gasteiger charge is 2.03. The highest BCUT2D eigenvalue weighted by atomic mass is 35.5. The van der Waals surface area contributed by atoms with Crippen molar-refractivity contribution in [2.24, 2.45) is 0 Å². The van der Waals surface area contributed by atoms with Gasteiger partial charge in [0.05, 0.1) is 11.3 Å². The summed E-state index contributed by atoms with van der Waals surface area (Å²) in [6.07, 6.45) is 0. The lowest BCUT2D eigenvalue weighted by molar-refractivity contribution is -0.142. The number of carbonyl (C=O) groups is 1. The third-order valence-corrected chi connectivity index (χ3v) is 1.74. The number of nitrogens with zero attached hydrogens (tertiary/aromatic N) is 2. The molecule has 0 saturated heterocycles. The number of hydrogen-bond donors (Lipinski definition) is 0. The van der Waals surface area contributed by atoms with Gasteiger partial charge >= 0.3 is 5.97 Å². The Morgan fingerprint density at radius 2 is 2.43 bits per heavy atom. The summed E-state index contributed by atoms with van der Waals surface area (Å²) >= 11 is 5.67. The fraction of sp³-hybridized carbons (Fsp3) is 0.222. The molecule has 0 fully saturated rings. The van der Waals surface area contributed by atoms with Crippen LogP contribution < -0.4 is 0 Å². The summed E-state index contributed by atoms with van der Waals surface area (Å²) in [4.78, 5) is 14.4. The van der Waals surface area contributed by atoms with E-state index in [1.54, 1.807) is 6.07 Å². The van der Waals surface area contributed by atoms with E-state index in [0.717, 1.165) is 0 Å². The normalized spacial score (nSPS) is 9.21. The molecule has 4 nitrogen and oxygen atoms in total. The molecule has 0 amide bonds. The van der Waals surface area contributed by atoms with Crippen LogP contribution in [0.5, 0.6) is 0 Å². The molecule has 0 aliphatic rings. The number of halogens is 1. The molecule has 72 valence electrons. The highest BCUT2D eigenvalue weighted by Crippen LogP contribution is 2.12. The standard InChI is InChI=1S/C9H7ClN2O2/c1-6(13)14-5-8-3-2-7(4-11)9(10)12-8/h2-3H,5H2,1H3. The van der Waals surface area contributed by atoms with E-state index in [9.17, 15) is 4.79 Å². The van der Waals surface area contributed by atoms with E-state index in [-0.39, 0.29) is 17.7 Å². The van der Waals surface area contributed by atoms with Crippen molar-refractivity contribution in [1.29, 1.82) is 5.26 Å². The monoisotopic (exact) mass is 210 g/mol. The zero-order valence-corrected chi connectivity index (χ0v) is 8.21. The second-order valence-electron chi connectivity index (χ2n) is 2.53. The van der Waals surface area contributed by atoms with Gasteiger partial charge in [-0.15, -0.1) is 0 Å². The molecule has 1 rings (SSSR count). The lowest BCUT2D eigenvalue weighted by Gasteiger charge is -2.01. The van der Waals surface area contributed by atoms with E-state index in [1.165, 1.54) is 13.0 Å². The van der Waals surface area contributed by atoms with Crippen molar-refractivity contribution in [3.63, 3.8) is 0 Å². The Balaban J connectivity index is 2.77. The van der Waals surface area contributed by atoms with Gasteiger partial charge in [0, 0.05) is 6.92 Å². The van der Waals surface area contributed by atoms with Crippen LogP contribution in [0.25, 0.3) is 0 Å². The molecule has 0 aromatic carbocycles. The Morgan fingerprint density at radius 3 is 2.93 bits per heavy atom. The zero-order chi connectivity index (χ0) is 10.6. The Kier molecular flexibility index (Phi) is 3.43. The average Bonchev–Trinajstić information content (AvgIpc) is 2.15. The third-order valence-electron chi connectivity index (χ3n) is 1.45. The van der Waals surface area contributed by atoms with Gasteiger partial charge in [-0.05, 0) is 12.1 Å². The van der Waals surface area contributed by atoms with Crippen LogP contribution in [0.1, 0.15) is 18.2 Å². The van der Waals surface area contributed by atoms with Crippen LogP contribution in [-0.4, -0.2) is 11.0 Å². The molecule has 0 radical (unpaired) electrons. The zero-order valence-electron chi connectivity index (χ0n) is 7.45. The van der Waals surface area contributed by atoms with Crippen LogP contribution >= 0.6 is 11.6 Å². The molecule has 0 aliphatic carbocycles. The number of esters is 1. The molecule has 5 heteroatoms. The molecule has 14 heavy (non-hydrogen) atoms. The molecule has 0 saturated carbocycles. The second-order valence-corrected chi connectivity index (χ2v) is 2.89. The average molecular weight is 211 g/mol. The van der Waals surface area contributed by atoms with E-state index >= 15 is 0 Å². The van der Waals surface area contributed by atoms with Crippen molar-refractivity contribution >= 4 is 17.6 Å². The maximum Gasteiger partial charge on any atom is 0.303 e. The van der Waals surface area contributed by atoms with E-state index in [4.69, 9.17) is 21.6 Å². The first-order valence-electron chi connectivity index (χ1n) is 3.82. The van der Waals surface area contributed by atoms with Crippen LogP contribution in [0.3, 0.4) is 0 Å². The van der Waals surface area contributed by atoms with E-state index in [2.05, 4.69) is 4.98 Å². The number of pyridine rings is 1.